The predicted octanol–water partition coefficient (Wildman–Crippen LogP) is 2.29. The molecular weight excluding hydrogens is 394 g/mol. The molecule has 2 fully saturated rings. The van der Waals surface area contributed by atoms with E-state index >= 15 is 0 Å². The molecule has 4 heterocycles. The van der Waals surface area contributed by atoms with Gasteiger partial charge in [-0.15, -0.1) is 0 Å². The van der Waals surface area contributed by atoms with Crippen LogP contribution in [0.5, 0.6) is 0 Å². The third-order valence-corrected chi connectivity index (χ3v) is 6.18. The molecule has 0 radical (unpaired) electrons. The molecule has 2 saturated heterocycles. The standard InChI is InChI=1S/C22H29N7O2/c1-27(2)21-18-13-17(3-4-19(18)23-15-24-21)29-9-7-28(8-10-29)14-20-25-22(31-26-20)16-5-11-30-12-6-16/h3-4,13,15-16H,5-12,14H2,1-2H3. The van der Waals surface area contributed by atoms with Gasteiger partial charge in [-0.1, -0.05) is 5.16 Å². The van der Waals surface area contributed by atoms with Gasteiger partial charge in [0.25, 0.3) is 0 Å². The van der Waals surface area contributed by atoms with Crippen molar-refractivity contribution in [1.29, 1.82) is 0 Å². The fourth-order valence-electron chi connectivity index (χ4n) is 4.39. The van der Waals surface area contributed by atoms with E-state index in [1.807, 2.05) is 19.0 Å². The normalized spacial score (nSPS) is 18.6. The zero-order valence-corrected chi connectivity index (χ0v) is 18.2. The third-order valence-electron chi connectivity index (χ3n) is 6.18. The van der Waals surface area contributed by atoms with Crippen molar-refractivity contribution in [3.8, 4) is 0 Å². The second-order valence-electron chi connectivity index (χ2n) is 8.49. The predicted molar refractivity (Wildman–Crippen MR) is 118 cm³/mol. The van der Waals surface area contributed by atoms with E-state index in [9.17, 15) is 0 Å². The van der Waals surface area contributed by atoms with Gasteiger partial charge in [-0.05, 0) is 31.0 Å². The van der Waals surface area contributed by atoms with E-state index in [-0.39, 0.29) is 0 Å². The van der Waals surface area contributed by atoms with Crippen molar-refractivity contribution < 1.29 is 9.26 Å². The van der Waals surface area contributed by atoms with Crippen LogP contribution in [0.4, 0.5) is 11.5 Å². The van der Waals surface area contributed by atoms with Gasteiger partial charge < -0.3 is 19.1 Å². The fraction of sp³-hybridized carbons (Fsp3) is 0.545. The van der Waals surface area contributed by atoms with Gasteiger partial charge in [-0.2, -0.15) is 4.98 Å². The van der Waals surface area contributed by atoms with Gasteiger partial charge in [0, 0.05) is 70.5 Å². The minimum absolute atomic E-state index is 0.343. The molecule has 9 heteroatoms. The van der Waals surface area contributed by atoms with E-state index in [4.69, 9.17) is 9.26 Å². The van der Waals surface area contributed by atoms with Crippen LogP contribution in [0.1, 0.15) is 30.5 Å². The maximum absolute atomic E-state index is 5.54. The van der Waals surface area contributed by atoms with Crippen molar-refractivity contribution in [2.75, 3.05) is 63.3 Å². The molecule has 164 valence electrons. The first-order valence-corrected chi connectivity index (χ1v) is 11.0. The van der Waals surface area contributed by atoms with Crippen molar-refractivity contribution in [3.05, 3.63) is 36.2 Å². The maximum atomic E-state index is 5.54. The molecule has 5 rings (SSSR count). The summed E-state index contributed by atoms with van der Waals surface area (Å²) < 4.78 is 11.0. The SMILES string of the molecule is CN(C)c1ncnc2ccc(N3CCN(Cc4noc(C5CCOCC5)n4)CC3)cc12. The highest BCUT2D eigenvalue weighted by Gasteiger charge is 2.24. The Hall–Kier alpha value is -2.78. The number of aromatic nitrogens is 4. The zero-order chi connectivity index (χ0) is 21.2. The van der Waals surface area contributed by atoms with Crippen LogP contribution in [-0.2, 0) is 11.3 Å². The molecule has 0 unspecified atom stereocenters. The Labute approximate surface area is 182 Å². The lowest BCUT2D eigenvalue weighted by atomic mass is 10.0. The molecule has 0 N–H and O–H groups in total. The van der Waals surface area contributed by atoms with Gasteiger partial charge in [0.15, 0.2) is 5.82 Å². The molecular formula is C22H29N7O2. The van der Waals surface area contributed by atoms with E-state index in [0.29, 0.717) is 5.92 Å². The molecule has 0 bridgehead atoms. The smallest absolute Gasteiger partial charge is 0.229 e. The fourth-order valence-corrected chi connectivity index (χ4v) is 4.39. The molecule has 2 aliphatic rings. The van der Waals surface area contributed by atoms with Crippen LogP contribution >= 0.6 is 0 Å². The first-order valence-electron chi connectivity index (χ1n) is 11.0. The van der Waals surface area contributed by atoms with Crippen LogP contribution in [0.2, 0.25) is 0 Å². The van der Waals surface area contributed by atoms with Gasteiger partial charge in [0.05, 0.1) is 12.1 Å². The van der Waals surface area contributed by atoms with Gasteiger partial charge in [-0.25, -0.2) is 9.97 Å². The van der Waals surface area contributed by atoms with Crippen LogP contribution in [0.15, 0.2) is 29.0 Å². The number of hydrogen-bond acceptors (Lipinski definition) is 9. The Bertz CT molecular complexity index is 1020. The molecule has 2 aliphatic heterocycles. The summed E-state index contributed by atoms with van der Waals surface area (Å²) >= 11 is 0. The number of anilines is 2. The van der Waals surface area contributed by atoms with Crippen LogP contribution in [0.3, 0.4) is 0 Å². The molecule has 0 saturated carbocycles. The lowest BCUT2D eigenvalue weighted by molar-refractivity contribution is 0.0778. The van der Waals surface area contributed by atoms with Gasteiger partial charge in [0.2, 0.25) is 5.89 Å². The number of nitrogens with zero attached hydrogens (tertiary/aromatic N) is 7. The molecule has 3 aromatic rings. The summed E-state index contributed by atoms with van der Waals surface area (Å²) in [4.78, 5) is 20.4. The van der Waals surface area contributed by atoms with Crippen molar-refractivity contribution >= 4 is 22.4 Å². The zero-order valence-electron chi connectivity index (χ0n) is 18.2. The van der Waals surface area contributed by atoms with Crippen LogP contribution in [0.25, 0.3) is 10.9 Å². The van der Waals surface area contributed by atoms with Gasteiger partial charge in [-0.3, -0.25) is 4.90 Å². The van der Waals surface area contributed by atoms with Crippen molar-refractivity contribution in [2.45, 2.75) is 25.3 Å². The van der Waals surface area contributed by atoms with Gasteiger partial charge >= 0.3 is 0 Å². The second kappa shape index (κ2) is 8.76. The van der Waals surface area contributed by atoms with E-state index in [1.54, 1.807) is 6.33 Å². The Kier molecular flexibility index (Phi) is 5.69. The number of rotatable bonds is 5. The monoisotopic (exact) mass is 423 g/mol. The minimum atomic E-state index is 0.343. The highest BCUT2D eigenvalue weighted by molar-refractivity contribution is 5.91. The quantitative estimate of drug-likeness (QED) is 0.614. The molecule has 0 atom stereocenters. The van der Waals surface area contributed by atoms with E-state index in [1.165, 1.54) is 5.69 Å². The second-order valence-corrected chi connectivity index (χ2v) is 8.49. The lowest BCUT2D eigenvalue weighted by Gasteiger charge is -2.35. The number of fused-ring (bicyclic) bond motifs is 1. The topological polar surface area (TPSA) is 83.7 Å². The molecule has 31 heavy (non-hydrogen) atoms. The van der Waals surface area contributed by atoms with Gasteiger partial charge in [0.1, 0.15) is 12.1 Å². The first-order chi connectivity index (χ1) is 15.2. The summed E-state index contributed by atoms with van der Waals surface area (Å²) in [7, 11) is 4.03. The van der Waals surface area contributed by atoms with Crippen molar-refractivity contribution in [3.63, 3.8) is 0 Å². The highest BCUT2D eigenvalue weighted by atomic mass is 16.5. The summed E-state index contributed by atoms with van der Waals surface area (Å²) in [6, 6.07) is 6.45. The molecule has 0 spiro atoms. The first kappa shape index (κ1) is 20.1. The summed E-state index contributed by atoms with van der Waals surface area (Å²) in [6.07, 6.45) is 3.56. The maximum Gasteiger partial charge on any atom is 0.229 e. The summed E-state index contributed by atoms with van der Waals surface area (Å²) in [5, 5.41) is 5.31. The number of benzene rings is 1. The highest BCUT2D eigenvalue weighted by Crippen LogP contribution is 2.28. The van der Waals surface area contributed by atoms with Crippen molar-refractivity contribution in [1.82, 2.24) is 25.0 Å². The Morgan fingerprint density at radius 1 is 1.06 bits per heavy atom. The van der Waals surface area contributed by atoms with Crippen molar-refractivity contribution in [2.24, 2.45) is 0 Å². The van der Waals surface area contributed by atoms with E-state index < -0.39 is 0 Å². The number of piperazine rings is 1. The van der Waals surface area contributed by atoms with E-state index in [0.717, 1.165) is 87.2 Å². The molecule has 9 nitrogen and oxygen atoms in total. The average molecular weight is 424 g/mol. The molecule has 0 aliphatic carbocycles. The minimum Gasteiger partial charge on any atom is -0.381 e. The van der Waals surface area contributed by atoms with E-state index in [2.05, 4.69) is 48.1 Å². The molecule has 2 aromatic heterocycles. The lowest BCUT2D eigenvalue weighted by Crippen LogP contribution is -2.46. The Morgan fingerprint density at radius 3 is 2.65 bits per heavy atom. The average Bonchev–Trinajstić information content (AvgIpc) is 3.28. The largest absolute Gasteiger partial charge is 0.381 e. The Balaban J connectivity index is 1.22. The van der Waals surface area contributed by atoms with Crippen LogP contribution in [0, 0.1) is 0 Å². The van der Waals surface area contributed by atoms with Crippen LogP contribution in [-0.4, -0.2) is 78.5 Å². The molecule has 0 amide bonds. The third kappa shape index (κ3) is 4.33. The summed E-state index contributed by atoms with van der Waals surface area (Å²) in [5.74, 6) is 2.85. The molecule has 1 aromatic carbocycles. The summed E-state index contributed by atoms with van der Waals surface area (Å²) in [6.45, 7) is 6.14. The number of hydrogen-bond donors (Lipinski definition) is 0. The number of ether oxygens (including phenoxy) is 1. The van der Waals surface area contributed by atoms with Crippen LogP contribution < -0.4 is 9.80 Å². The Morgan fingerprint density at radius 2 is 1.87 bits per heavy atom. The summed E-state index contributed by atoms with van der Waals surface area (Å²) in [5.41, 5.74) is 2.19.